The predicted octanol–water partition coefficient (Wildman–Crippen LogP) is 3.06. The number of nitrogens with one attached hydrogen (secondary N) is 1. The van der Waals surface area contributed by atoms with Crippen LogP contribution in [0, 0.1) is 17.7 Å². The van der Waals surface area contributed by atoms with Gasteiger partial charge in [-0.25, -0.2) is 4.39 Å². The smallest absolute Gasteiger partial charge is 0.255 e. The highest BCUT2D eigenvalue weighted by atomic mass is 19.1. The molecule has 3 aliphatic rings. The Hall–Kier alpha value is -4.84. The van der Waals surface area contributed by atoms with Crippen molar-refractivity contribution < 1.29 is 39.2 Å². The zero-order valence-corrected chi connectivity index (χ0v) is 25.3. The maximum Gasteiger partial charge on any atom is 0.255 e. The number of hydrogen-bond donors (Lipinski definition) is 6. The quantitative estimate of drug-likeness (QED) is 0.215. The van der Waals surface area contributed by atoms with E-state index in [0.29, 0.717) is 24.2 Å². The zero-order valence-electron chi connectivity index (χ0n) is 25.3. The summed E-state index contributed by atoms with van der Waals surface area (Å²) in [6.45, 7) is 1.03. The lowest BCUT2D eigenvalue weighted by Gasteiger charge is -2.50. The number of aliphatic hydroxyl groups is 3. The first-order valence-electron chi connectivity index (χ1n) is 14.9. The van der Waals surface area contributed by atoms with Gasteiger partial charge in [-0.3, -0.25) is 19.3 Å². The summed E-state index contributed by atoms with van der Waals surface area (Å²) in [6.07, 6.45) is 0.200. The van der Waals surface area contributed by atoms with Gasteiger partial charge in [0, 0.05) is 24.6 Å². The Labute approximate surface area is 264 Å². The lowest BCUT2D eigenvalue weighted by molar-refractivity contribution is -0.153. The molecule has 3 aromatic carbocycles. The molecular formula is C35H34FN3O7. The molecule has 0 bridgehead atoms. The van der Waals surface area contributed by atoms with Crippen LogP contribution in [0.5, 0.6) is 5.75 Å². The van der Waals surface area contributed by atoms with Crippen LogP contribution in [-0.4, -0.2) is 68.5 Å². The van der Waals surface area contributed by atoms with Gasteiger partial charge >= 0.3 is 0 Å². The Kier molecular flexibility index (Phi) is 7.79. The first-order chi connectivity index (χ1) is 21.8. The summed E-state index contributed by atoms with van der Waals surface area (Å²) in [4.78, 5) is 41.0. The number of carbonyl (C=O) groups is 3. The molecule has 1 unspecified atom stereocenters. The van der Waals surface area contributed by atoms with Crippen molar-refractivity contribution in [2.75, 3.05) is 14.1 Å². The van der Waals surface area contributed by atoms with Gasteiger partial charge in [-0.2, -0.15) is 0 Å². The summed E-state index contributed by atoms with van der Waals surface area (Å²) in [7, 11) is 3.12. The van der Waals surface area contributed by atoms with Crippen molar-refractivity contribution in [3.63, 3.8) is 0 Å². The van der Waals surface area contributed by atoms with E-state index in [1.807, 2.05) is 30.3 Å². The number of rotatable bonds is 7. The Bertz CT molecular complexity index is 1850. The molecule has 46 heavy (non-hydrogen) atoms. The minimum absolute atomic E-state index is 0.0107. The molecule has 1 saturated carbocycles. The van der Waals surface area contributed by atoms with Crippen molar-refractivity contribution >= 4 is 23.2 Å². The van der Waals surface area contributed by atoms with Crippen molar-refractivity contribution in [1.29, 1.82) is 0 Å². The van der Waals surface area contributed by atoms with Crippen molar-refractivity contribution in [1.82, 2.24) is 10.2 Å². The van der Waals surface area contributed by atoms with E-state index in [1.165, 1.54) is 23.1 Å². The number of hydrogen-bond acceptors (Lipinski definition) is 9. The fraction of sp³-hybridized carbons (Fsp3) is 0.286. The number of phenols is 1. The molecule has 0 aliphatic heterocycles. The molecule has 0 spiro atoms. The number of aliphatic hydroxyl groups excluding tert-OH is 2. The number of Topliss-reactive ketones (excluding diaryl/α,β-unsaturated/α-hetero) is 2. The molecule has 11 heteroatoms. The lowest BCUT2D eigenvalue weighted by Crippen LogP contribution is -2.65. The number of nitrogens with zero attached hydrogens (tertiary/aromatic N) is 1. The van der Waals surface area contributed by atoms with Crippen LogP contribution in [-0.2, 0) is 33.9 Å². The van der Waals surface area contributed by atoms with Crippen LogP contribution in [0.25, 0.3) is 16.9 Å². The van der Waals surface area contributed by atoms with E-state index in [2.05, 4.69) is 5.32 Å². The minimum atomic E-state index is -2.68. The minimum Gasteiger partial charge on any atom is -0.508 e. The molecule has 6 rings (SSSR count). The van der Waals surface area contributed by atoms with E-state index in [1.54, 1.807) is 26.2 Å². The van der Waals surface area contributed by atoms with Gasteiger partial charge in [-0.05, 0) is 78.9 Å². The number of phenolic OH excluding ortho intramolecular Hbond substituents is 1. The second kappa shape index (κ2) is 11.5. The number of ketones is 2. The van der Waals surface area contributed by atoms with Crippen molar-refractivity contribution in [3.8, 4) is 16.9 Å². The van der Waals surface area contributed by atoms with E-state index >= 15 is 0 Å². The number of aromatic hydroxyl groups is 1. The lowest BCUT2D eigenvalue weighted by atomic mass is 9.57. The van der Waals surface area contributed by atoms with Crippen molar-refractivity contribution in [2.24, 2.45) is 17.6 Å². The van der Waals surface area contributed by atoms with Gasteiger partial charge in [-0.15, -0.1) is 0 Å². The summed E-state index contributed by atoms with van der Waals surface area (Å²) in [5, 5.41) is 48.4. The summed E-state index contributed by atoms with van der Waals surface area (Å²) in [5.41, 5.74) is 5.60. The number of primary amides is 1. The molecule has 0 heterocycles. The molecule has 0 saturated heterocycles. The normalized spacial score (nSPS) is 24.2. The standard InChI is InChI=1S/C35H34FN3O7/c1-39(2)29-24-14-20-13-23-22(19-8-6-17(7-9-19)15-38-16-18-4-3-5-21(36)12-18)10-11-25(40)27(23)30(41)26(20)32(43)35(24,46)33(44)28(31(29)42)34(37)45/h3-12,20,24,29,38,40-41,44,46H,13-16H2,1-2H3,(H2,37,45)/t20-,24-,29?,35+/m1/s1. The molecule has 3 aliphatic carbocycles. The van der Waals surface area contributed by atoms with Crippen molar-refractivity contribution in [2.45, 2.75) is 37.6 Å². The molecule has 0 aromatic heterocycles. The average Bonchev–Trinajstić information content (AvgIpc) is 2.99. The molecule has 238 valence electrons. The second-order valence-electron chi connectivity index (χ2n) is 12.4. The highest BCUT2D eigenvalue weighted by molar-refractivity contribution is 6.24. The summed E-state index contributed by atoms with van der Waals surface area (Å²) in [6, 6.07) is 16.0. The molecule has 1 fully saturated rings. The van der Waals surface area contributed by atoms with Crippen LogP contribution in [0.15, 0.2) is 77.6 Å². The Morgan fingerprint density at radius 2 is 1.72 bits per heavy atom. The van der Waals surface area contributed by atoms with Crippen LogP contribution in [0.1, 0.15) is 28.7 Å². The first-order valence-corrected chi connectivity index (χ1v) is 14.9. The molecule has 10 nitrogen and oxygen atoms in total. The van der Waals surface area contributed by atoms with E-state index in [0.717, 1.165) is 16.7 Å². The first kappa shape index (κ1) is 31.2. The molecular weight excluding hydrogens is 593 g/mol. The van der Waals surface area contributed by atoms with Crippen LogP contribution in [0.2, 0.25) is 0 Å². The van der Waals surface area contributed by atoms with Gasteiger partial charge < -0.3 is 31.5 Å². The van der Waals surface area contributed by atoms with E-state index in [4.69, 9.17) is 5.73 Å². The van der Waals surface area contributed by atoms with Gasteiger partial charge in [0.15, 0.2) is 11.4 Å². The fourth-order valence-electron chi connectivity index (χ4n) is 7.31. The molecule has 7 N–H and O–H groups in total. The zero-order chi connectivity index (χ0) is 33.1. The number of benzene rings is 3. The van der Waals surface area contributed by atoms with Crippen LogP contribution < -0.4 is 11.1 Å². The van der Waals surface area contributed by atoms with Gasteiger partial charge in [0.05, 0.1) is 11.6 Å². The summed E-state index contributed by atoms with van der Waals surface area (Å²) >= 11 is 0. The molecule has 3 aromatic rings. The number of halogens is 1. The third kappa shape index (κ3) is 4.87. The number of fused-ring (bicyclic) bond motifs is 3. The second-order valence-corrected chi connectivity index (χ2v) is 12.4. The van der Waals surface area contributed by atoms with Crippen molar-refractivity contribution in [3.05, 3.63) is 106 Å². The fourth-order valence-corrected chi connectivity index (χ4v) is 7.31. The van der Waals surface area contributed by atoms with Crippen LogP contribution in [0.4, 0.5) is 4.39 Å². The number of likely N-dealkylation sites (N-methyl/N-ethyl adjacent to an activating group) is 1. The van der Waals surface area contributed by atoms with Crippen LogP contribution in [0.3, 0.4) is 0 Å². The van der Waals surface area contributed by atoms with E-state index < -0.39 is 58.0 Å². The predicted molar refractivity (Wildman–Crippen MR) is 167 cm³/mol. The van der Waals surface area contributed by atoms with Gasteiger partial charge in [0.2, 0.25) is 5.78 Å². The van der Waals surface area contributed by atoms with Gasteiger partial charge in [0.1, 0.15) is 28.7 Å². The SMILES string of the molecule is CN(C)C1C(=O)C(C(N)=O)=C(O)[C@@]2(O)C(=O)C3=C(O)c4c(O)ccc(-c5ccc(CNCc6cccc(F)c6)cc5)c4C[C@@H]3C[C@H]12. The Morgan fingerprint density at radius 1 is 1.02 bits per heavy atom. The maximum absolute atomic E-state index is 14.0. The monoisotopic (exact) mass is 627 g/mol. The van der Waals surface area contributed by atoms with E-state index in [-0.39, 0.29) is 35.5 Å². The van der Waals surface area contributed by atoms with Crippen LogP contribution >= 0.6 is 0 Å². The number of carbonyl (C=O) groups excluding carboxylic acids is 3. The number of nitrogens with two attached hydrogens (primary N) is 1. The maximum atomic E-state index is 14.0. The highest BCUT2D eigenvalue weighted by Crippen LogP contribution is 2.53. The molecule has 0 radical (unpaired) electrons. The molecule has 4 atom stereocenters. The molecule has 1 amide bonds. The topological polar surface area (TPSA) is 173 Å². The Morgan fingerprint density at radius 3 is 2.37 bits per heavy atom. The largest absolute Gasteiger partial charge is 0.508 e. The average molecular weight is 628 g/mol. The van der Waals surface area contributed by atoms with Gasteiger partial charge in [0.25, 0.3) is 5.91 Å². The summed E-state index contributed by atoms with van der Waals surface area (Å²) < 4.78 is 13.5. The summed E-state index contributed by atoms with van der Waals surface area (Å²) in [5.74, 6) is -7.16. The Balaban J connectivity index is 1.35. The third-order valence-electron chi connectivity index (χ3n) is 9.42. The van der Waals surface area contributed by atoms with Gasteiger partial charge in [-0.1, -0.05) is 42.5 Å². The number of amides is 1. The van der Waals surface area contributed by atoms with E-state index in [9.17, 15) is 39.2 Å². The third-order valence-corrected chi connectivity index (χ3v) is 9.42. The highest BCUT2D eigenvalue weighted by Gasteiger charge is 2.64.